The van der Waals surface area contributed by atoms with Crippen molar-refractivity contribution in [2.75, 3.05) is 34.5 Å². The van der Waals surface area contributed by atoms with Crippen LogP contribution in [-0.4, -0.2) is 40.5 Å². The largest absolute Gasteiger partial charge is 0.381 e. The van der Waals surface area contributed by atoms with Crippen LogP contribution in [0, 0.1) is 0 Å². The fourth-order valence-electron chi connectivity index (χ4n) is 2.33. The lowest BCUT2D eigenvalue weighted by Gasteiger charge is -2.28. The average Bonchev–Trinajstić information content (AvgIpc) is 2.53. The van der Waals surface area contributed by atoms with Gasteiger partial charge in [0, 0.05) is 41.0 Å². The first kappa shape index (κ1) is 20.8. The molecule has 0 heterocycles. The Morgan fingerprint density at radius 3 is 1.62 bits per heavy atom. The molecule has 0 bridgehead atoms. The molecule has 0 aromatic rings. The molecule has 4 nitrogen and oxygen atoms in total. The molecule has 4 heteroatoms. The number of unbranched alkanes of at least 4 members (excludes halogenated alkanes) is 7. The van der Waals surface area contributed by atoms with Crippen LogP contribution in [0.1, 0.15) is 71.1 Å². The second kappa shape index (κ2) is 14.8. The highest BCUT2D eigenvalue weighted by molar-refractivity contribution is 4.56. The zero-order valence-electron chi connectivity index (χ0n) is 14.6. The molecular weight excluding hydrogens is 268 g/mol. The lowest BCUT2D eigenvalue weighted by molar-refractivity contribution is -0.355. The fraction of sp³-hybridized carbons (Fsp3) is 1.00. The van der Waals surface area contributed by atoms with Crippen molar-refractivity contribution in [2.45, 2.75) is 77.1 Å². The maximum absolute atomic E-state index is 5.55. The highest BCUT2D eigenvalue weighted by Crippen LogP contribution is 2.21. The van der Waals surface area contributed by atoms with Crippen LogP contribution in [0.2, 0.25) is 0 Å². The van der Waals surface area contributed by atoms with Gasteiger partial charge in [0.05, 0.1) is 0 Å². The van der Waals surface area contributed by atoms with Gasteiger partial charge in [0.15, 0.2) is 0 Å². The summed E-state index contributed by atoms with van der Waals surface area (Å²) in [4.78, 5) is 0. The molecule has 0 aromatic heterocycles. The van der Waals surface area contributed by atoms with Gasteiger partial charge in [0.1, 0.15) is 0 Å². The molecule has 0 aliphatic rings. The second-order valence-electron chi connectivity index (χ2n) is 5.49. The molecule has 0 amide bonds. The van der Waals surface area contributed by atoms with E-state index >= 15 is 0 Å². The van der Waals surface area contributed by atoms with Gasteiger partial charge in [-0.1, -0.05) is 45.4 Å². The summed E-state index contributed by atoms with van der Waals surface area (Å²) in [7, 11) is 4.86. The Labute approximate surface area is 131 Å². The Bertz CT molecular complexity index is 197. The molecule has 0 saturated heterocycles. The Hall–Kier alpha value is -0.160. The van der Waals surface area contributed by atoms with Crippen molar-refractivity contribution in [3.05, 3.63) is 0 Å². The van der Waals surface area contributed by atoms with E-state index < -0.39 is 5.97 Å². The van der Waals surface area contributed by atoms with Gasteiger partial charge < -0.3 is 18.9 Å². The topological polar surface area (TPSA) is 36.9 Å². The molecule has 0 atom stereocenters. The lowest BCUT2D eigenvalue weighted by atomic mass is 10.1. The minimum Gasteiger partial charge on any atom is -0.381 e. The van der Waals surface area contributed by atoms with Crippen LogP contribution < -0.4 is 0 Å². The van der Waals surface area contributed by atoms with Crippen molar-refractivity contribution in [2.24, 2.45) is 0 Å². The van der Waals surface area contributed by atoms with Gasteiger partial charge in [0.25, 0.3) is 5.97 Å². The van der Waals surface area contributed by atoms with Crippen molar-refractivity contribution in [1.29, 1.82) is 0 Å². The van der Waals surface area contributed by atoms with Gasteiger partial charge in [-0.25, -0.2) is 0 Å². The predicted molar refractivity (Wildman–Crippen MR) is 86.4 cm³/mol. The average molecular weight is 304 g/mol. The Kier molecular flexibility index (Phi) is 14.7. The van der Waals surface area contributed by atoms with Crippen molar-refractivity contribution in [3.8, 4) is 0 Å². The van der Waals surface area contributed by atoms with E-state index in [1.807, 2.05) is 0 Å². The number of ether oxygens (including phenoxy) is 4. The first-order valence-electron chi connectivity index (χ1n) is 8.48. The van der Waals surface area contributed by atoms with E-state index in [-0.39, 0.29) is 0 Å². The highest BCUT2D eigenvalue weighted by Gasteiger charge is 2.28. The summed E-state index contributed by atoms with van der Waals surface area (Å²) in [6, 6.07) is 0. The van der Waals surface area contributed by atoms with Gasteiger partial charge >= 0.3 is 0 Å². The van der Waals surface area contributed by atoms with Gasteiger partial charge in [-0.2, -0.15) is 0 Å². The van der Waals surface area contributed by atoms with Gasteiger partial charge in [-0.3, -0.25) is 0 Å². The molecule has 128 valence electrons. The second-order valence-corrected chi connectivity index (χ2v) is 5.49. The quantitative estimate of drug-likeness (QED) is 0.310. The van der Waals surface area contributed by atoms with Crippen LogP contribution in [0.15, 0.2) is 0 Å². The van der Waals surface area contributed by atoms with Crippen LogP contribution in [0.5, 0.6) is 0 Å². The SMILES string of the molecule is CCCCOCCCCCCCCCC(OC)(OC)OC. The molecule has 0 aliphatic heterocycles. The van der Waals surface area contributed by atoms with E-state index in [0.717, 1.165) is 26.1 Å². The van der Waals surface area contributed by atoms with E-state index in [1.54, 1.807) is 21.3 Å². The summed E-state index contributed by atoms with van der Waals surface area (Å²) < 4.78 is 21.4. The zero-order chi connectivity index (χ0) is 15.8. The smallest absolute Gasteiger partial charge is 0.282 e. The van der Waals surface area contributed by atoms with E-state index in [9.17, 15) is 0 Å². The van der Waals surface area contributed by atoms with Crippen LogP contribution in [0.25, 0.3) is 0 Å². The summed E-state index contributed by atoms with van der Waals surface area (Å²) in [5.41, 5.74) is 0. The predicted octanol–water partition coefficient (Wildman–Crippen LogP) is 4.52. The molecule has 0 radical (unpaired) electrons. The normalized spacial score (nSPS) is 12.0. The third kappa shape index (κ3) is 11.1. The van der Waals surface area contributed by atoms with E-state index in [1.165, 1.54) is 51.4 Å². The third-order valence-corrected chi connectivity index (χ3v) is 3.85. The first-order chi connectivity index (χ1) is 10.2. The monoisotopic (exact) mass is 304 g/mol. The lowest BCUT2D eigenvalue weighted by Crippen LogP contribution is -2.35. The number of methoxy groups -OCH3 is 3. The summed E-state index contributed by atoms with van der Waals surface area (Å²) in [6.45, 7) is 4.05. The number of hydrogen-bond acceptors (Lipinski definition) is 4. The molecule has 0 rings (SSSR count). The standard InChI is InChI=1S/C17H36O4/c1-5-6-15-21-16-13-11-9-7-8-10-12-14-17(18-2,19-3)20-4/h5-16H2,1-4H3. The minimum atomic E-state index is -0.851. The van der Waals surface area contributed by atoms with E-state index in [0.29, 0.717) is 0 Å². The van der Waals surface area contributed by atoms with Gasteiger partial charge in [-0.15, -0.1) is 0 Å². The Morgan fingerprint density at radius 1 is 0.619 bits per heavy atom. The minimum absolute atomic E-state index is 0.780. The molecular formula is C17H36O4. The molecule has 0 fully saturated rings. The van der Waals surface area contributed by atoms with Crippen LogP contribution in [-0.2, 0) is 18.9 Å². The molecule has 0 unspecified atom stereocenters. The molecule has 0 spiro atoms. The first-order valence-corrected chi connectivity index (χ1v) is 8.48. The van der Waals surface area contributed by atoms with Crippen LogP contribution in [0.4, 0.5) is 0 Å². The maximum atomic E-state index is 5.55. The molecule has 0 N–H and O–H groups in total. The van der Waals surface area contributed by atoms with E-state index in [2.05, 4.69) is 6.92 Å². The summed E-state index contributed by atoms with van der Waals surface area (Å²) in [5, 5.41) is 0. The maximum Gasteiger partial charge on any atom is 0.282 e. The Morgan fingerprint density at radius 2 is 1.10 bits per heavy atom. The molecule has 21 heavy (non-hydrogen) atoms. The van der Waals surface area contributed by atoms with Crippen LogP contribution >= 0.6 is 0 Å². The molecule has 0 saturated carbocycles. The van der Waals surface area contributed by atoms with Crippen molar-refractivity contribution in [3.63, 3.8) is 0 Å². The van der Waals surface area contributed by atoms with Crippen molar-refractivity contribution < 1.29 is 18.9 Å². The van der Waals surface area contributed by atoms with Crippen molar-refractivity contribution in [1.82, 2.24) is 0 Å². The van der Waals surface area contributed by atoms with Gasteiger partial charge in [0.2, 0.25) is 0 Å². The highest BCUT2D eigenvalue weighted by atomic mass is 16.9. The fourth-order valence-corrected chi connectivity index (χ4v) is 2.33. The summed E-state index contributed by atoms with van der Waals surface area (Å²) in [6.07, 6.45) is 11.8. The zero-order valence-corrected chi connectivity index (χ0v) is 14.6. The van der Waals surface area contributed by atoms with Crippen LogP contribution in [0.3, 0.4) is 0 Å². The molecule has 0 aliphatic carbocycles. The Balaban J connectivity index is 3.29. The third-order valence-electron chi connectivity index (χ3n) is 3.85. The summed E-state index contributed by atoms with van der Waals surface area (Å²) in [5.74, 6) is -0.851. The summed E-state index contributed by atoms with van der Waals surface area (Å²) >= 11 is 0. The molecule has 0 aromatic carbocycles. The number of rotatable bonds is 16. The number of hydrogen-bond donors (Lipinski definition) is 0. The van der Waals surface area contributed by atoms with Crippen molar-refractivity contribution >= 4 is 0 Å². The van der Waals surface area contributed by atoms with Gasteiger partial charge in [-0.05, 0) is 19.3 Å². The van der Waals surface area contributed by atoms with E-state index in [4.69, 9.17) is 18.9 Å².